The molecule has 0 bridgehead atoms. The van der Waals surface area contributed by atoms with E-state index in [0.29, 0.717) is 13.1 Å². The molecule has 1 heterocycles. The van der Waals surface area contributed by atoms with Crippen LogP contribution in [0.15, 0.2) is 42.7 Å². The average molecular weight is 259 g/mol. The van der Waals surface area contributed by atoms with E-state index in [2.05, 4.69) is 10.4 Å². The normalized spacial score (nSPS) is 10.4. The number of methoxy groups -OCH3 is 1. The molecule has 1 aromatic carbocycles. The molecule has 1 amide bonds. The first-order valence-corrected chi connectivity index (χ1v) is 6.09. The third kappa shape index (κ3) is 3.93. The van der Waals surface area contributed by atoms with Crippen LogP contribution in [-0.4, -0.2) is 29.4 Å². The monoisotopic (exact) mass is 259 g/mol. The highest BCUT2D eigenvalue weighted by atomic mass is 16.5. The Morgan fingerprint density at radius 1 is 1.32 bits per heavy atom. The van der Waals surface area contributed by atoms with Gasteiger partial charge in [0.05, 0.1) is 6.54 Å². The number of rotatable bonds is 6. The number of nitrogens with one attached hydrogen (secondary N) is 1. The van der Waals surface area contributed by atoms with E-state index in [0.717, 1.165) is 11.1 Å². The van der Waals surface area contributed by atoms with E-state index < -0.39 is 0 Å². The van der Waals surface area contributed by atoms with E-state index >= 15 is 0 Å². The van der Waals surface area contributed by atoms with Crippen LogP contribution in [0, 0.1) is 0 Å². The van der Waals surface area contributed by atoms with Crippen molar-refractivity contribution in [1.82, 2.24) is 15.1 Å². The summed E-state index contributed by atoms with van der Waals surface area (Å²) in [5, 5.41) is 7.01. The molecule has 0 aliphatic carbocycles. The van der Waals surface area contributed by atoms with E-state index in [4.69, 9.17) is 4.74 Å². The zero-order chi connectivity index (χ0) is 13.5. The molecule has 100 valence electrons. The van der Waals surface area contributed by atoms with E-state index in [9.17, 15) is 4.79 Å². The minimum absolute atomic E-state index is 0.0846. The van der Waals surface area contributed by atoms with Crippen LogP contribution < -0.4 is 5.32 Å². The van der Waals surface area contributed by atoms with Crippen LogP contribution in [0.25, 0.3) is 0 Å². The summed E-state index contributed by atoms with van der Waals surface area (Å²) < 4.78 is 6.64. The highest BCUT2D eigenvalue weighted by Gasteiger charge is 2.05. The summed E-state index contributed by atoms with van der Waals surface area (Å²) >= 11 is 0. The van der Waals surface area contributed by atoms with E-state index in [1.54, 1.807) is 6.20 Å². The molecule has 2 aromatic rings. The molecule has 1 N–H and O–H groups in total. The van der Waals surface area contributed by atoms with Gasteiger partial charge < -0.3 is 10.1 Å². The summed E-state index contributed by atoms with van der Waals surface area (Å²) in [7, 11) is 1.51. The lowest BCUT2D eigenvalue weighted by molar-refractivity contribution is -0.124. The molecule has 0 aliphatic rings. The highest BCUT2D eigenvalue weighted by Crippen LogP contribution is 2.10. The lowest BCUT2D eigenvalue weighted by atomic mass is 10.1. The molecule has 5 heteroatoms. The molecule has 2 rings (SSSR count). The Balaban J connectivity index is 2.02. The van der Waals surface area contributed by atoms with Crippen molar-refractivity contribution in [3.63, 3.8) is 0 Å². The van der Waals surface area contributed by atoms with Crippen LogP contribution in [0.4, 0.5) is 0 Å². The molecule has 0 aliphatic heterocycles. The minimum Gasteiger partial charge on any atom is -0.375 e. The highest BCUT2D eigenvalue weighted by molar-refractivity contribution is 5.77. The van der Waals surface area contributed by atoms with Gasteiger partial charge in [-0.3, -0.25) is 9.48 Å². The Kier molecular flexibility index (Phi) is 4.69. The number of carbonyl (C=O) groups excluding carboxylic acids is 1. The first-order chi connectivity index (χ1) is 9.29. The van der Waals surface area contributed by atoms with E-state index in [1.807, 2.05) is 41.2 Å². The first-order valence-electron chi connectivity index (χ1n) is 6.09. The van der Waals surface area contributed by atoms with Gasteiger partial charge in [-0.05, 0) is 17.2 Å². The Morgan fingerprint density at radius 3 is 2.79 bits per heavy atom. The predicted molar refractivity (Wildman–Crippen MR) is 71.5 cm³/mol. The largest absolute Gasteiger partial charge is 0.375 e. The molecule has 0 saturated heterocycles. The van der Waals surface area contributed by atoms with E-state index in [-0.39, 0.29) is 12.5 Å². The van der Waals surface area contributed by atoms with Gasteiger partial charge in [0.25, 0.3) is 0 Å². The fraction of sp³-hybridized carbons (Fsp3) is 0.286. The van der Waals surface area contributed by atoms with Gasteiger partial charge in [0.2, 0.25) is 5.91 Å². The van der Waals surface area contributed by atoms with Gasteiger partial charge in [0.15, 0.2) is 0 Å². The number of nitrogens with zero attached hydrogens (tertiary/aromatic N) is 2. The van der Waals surface area contributed by atoms with Crippen molar-refractivity contribution >= 4 is 5.91 Å². The van der Waals surface area contributed by atoms with Crippen LogP contribution in [0.1, 0.15) is 11.1 Å². The van der Waals surface area contributed by atoms with E-state index in [1.165, 1.54) is 7.11 Å². The van der Waals surface area contributed by atoms with Crippen molar-refractivity contribution in [3.8, 4) is 0 Å². The second-order valence-electron chi connectivity index (χ2n) is 4.18. The standard InChI is InChI=1S/C14H17N3O2/c1-19-11-14(18)15-9-12-5-2-3-6-13(12)10-17-8-4-7-16-17/h2-8H,9-11H2,1H3,(H,15,18). The maximum Gasteiger partial charge on any atom is 0.246 e. The van der Waals surface area contributed by atoms with Crippen molar-refractivity contribution in [2.24, 2.45) is 0 Å². The topological polar surface area (TPSA) is 56.1 Å². The van der Waals surface area contributed by atoms with Crippen molar-refractivity contribution in [3.05, 3.63) is 53.9 Å². The number of benzene rings is 1. The van der Waals surface area contributed by atoms with Gasteiger partial charge in [0.1, 0.15) is 6.61 Å². The number of hydrogen-bond acceptors (Lipinski definition) is 3. The zero-order valence-electron chi connectivity index (χ0n) is 10.9. The van der Waals surface area contributed by atoms with Gasteiger partial charge in [-0.25, -0.2) is 0 Å². The second-order valence-corrected chi connectivity index (χ2v) is 4.18. The zero-order valence-corrected chi connectivity index (χ0v) is 10.9. The number of carbonyl (C=O) groups is 1. The van der Waals surface area contributed by atoms with Crippen molar-refractivity contribution in [1.29, 1.82) is 0 Å². The summed E-state index contributed by atoms with van der Waals surface area (Å²) in [5.41, 5.74) is 2.23. The molecule has 0 saturated carbocycles. The van der Waals surface area contributed by atoms with Crippen LogP contribution in [0.2, 0.25) is 0 Å². The number of ether oxygens (including phenoxy) is 1. The molecule has 0 radical (unpaired) electrons. The first kappa shape index (κ1) is 13.3. The van der Waals surface area contributed by atoms with Crippen LogP contribution in [0.5, 0.6) is 0 Å². The Morgan fingerprint density at radius 2 is 2.11 bits per heavy atom. The fourth-order valence-electron chi connectivity index (χ4n) is 1.83. The predicted octanol–water partition coefficient (Wildman–Crippen LogP) is 1.19. The van der Waals surface area contributed by atoms with Gasteiger partial charge >= 0.3 is 0 Å². The second kappa shape index (κ2) is 6.70. The fourth-order valence-corrected chi connectivity index (χ4v) is 1.83. The van der Waals surface area contributed by atoms with Gasteiger partial charge in [-0.15, -0.1) is 0 Å². The van der Waals surface area contributed by atoms with Crippen molar-refractivity contribution in [2.75, 3.05) is 13.7 Å². The van der Waals surface area contributed by atoms with Crippen molar-refractivity contribution in [2.45, 2.75) is 13.1 Å². The maximum absolute atomic E-state index is 11.4. The van der Waals surface area contributed by atoms with Crippen LogP contribution in [0.3, 0.4) is 0 Å². The molecule has 1 aromatic heterocycles. The molecule has 0 fully saturated rings. The smallest absolute Gasteiger partial charge is 0.246 e. The molecular weight excluding hydrogens is 242 g/mol. The number of hydrogen-bond donors (Lipinski definition) is 1. The number of amides is 1. The minimum atomic E-state index is -0.114. The molecule has 0 atom stereocenters. The summed E-state index contributed by atoms with van der Waals surface area (Å²) in [6.07, 6.45) is 3.67. The van der Waals surface area contributed by atoms with Gasteiger partial charge in [0, 0.05) is 26.0 Å². The maximum atomic E-state index is 11.4. The van der Waals surface area contributed by atoms with Crippen LogP contribution in [-0.2, 0) is 22.6 Å². The SMILES string of the molecule is COCC(=O)NCc1ccccc1Cn1cccn1. The lowest BCUT2D eigenvalue weighted by Gasteiger charge is -2.10. The average Bonchev–Trinajstić information content (AvgIpc) is 2.91. The van der Waals surface area contributed by atoms with Crippen LogP contribution >= 0.6 is 0 Å². The number of aromatic nitrogens is 2. The van der Waals surface area contributed by atoms with Gasteiger partial charge in [-0.2, -0.15) is 5.10 Å². The molecule has 0 unspecified atom stereocenters. The van der Waals surface area contributed by atoms with Gasteiger partial charge in [-0.1, -0.05) is 24.3 Å². The Hall–Kier alpha value is -2.14. The third-order valence-electron chi connectivity index (χ3n) is 2.76. The quantitative estimate of drug-likeness (QED) is 0.848. The third-order valence-corrected chi connectivity index (χ3v) is 2.76. The summed E-state index contributed by atoms with van der Waals surface area (Å²) in [6.45, 7) is 1.28. The summed E-state index contributed by atoms with van der Waals surface area (Å²) in [4.78, 5) is 11.4. The Bertz CT molecular complexity index is 523. The summed E-state index contributed by atoms with van der Waals surface area (Å²) in [5.74, 6) is -0.114. The Labute approximate surface area is 112 Å². The molecule has 5 nitrogen and oxygen atoms in total. The van der Waals surface area contributed by atoms with Crippen molar-refractivity contribution < 1.29 is 9.53 Å². The molecule has 19 heavy (non-hydrogen) atoms. The lowest BCUT2D eigenvalue weighted by Crippen LogP contribution is -2.27. The molecular formula is C14H17N3O2. The summed E-state index contributed by atoms with van der Waals surface area (Å²) in [6, 6.07) is 9.89. The molecule has 0 spiro atoms.